The van der Waals surface area contributed by atoms with Gasteiger partial charge in [-0.3, -0.25) is 9.80 Å². The summed E-state index contributed by atoms with van der Waals surface area (Å²) in [6, 6.07) is 19.0. The van der Waals surface area contributed by atoms with Crippen LogP contribution in [0.3, 0.4) is 0 Å². The quantitative estimate of drug-likeness (QED) is 0.216. The van der Waals surface area contributed by atoms with Gasteiger partial charge in [-0.05, 0) is 34.4 Å². The van der Waals surface area contributed by atoms with Crippen LogP contribution in [0.4, 0.5) is 52.7 Å². The molecule has 3 aromatic rings. The van der Waals surface area contributed by atoms with Gasteiger partial charge in [0, 0.05) is 44.8 Å². The van der Waals surface area contributed by atoms with Crippen molar-refractivity contribution in [1.29, 1.82) is 0 Å². The third-order valence-electron chi connectivity index (χ3n) is 7.31. The van der Waals surface area contributed by atoms with Crippen LogP contribution in [-0.2, 0) is 28.3 Å². The van der Waals surface area contributed by atoms with E-state index in [1.165, 1.54) is 5.56 Å². The van der Waals surface area contributed by atoms with E-state index in [1.54, 1.807) is 19.2 Å². The van der Waals surface area contributed by atoms with Crippen molar-refractivity contribution in [3.05, 3.63) is 89.5 Å². The van der Waals surface area contributed by atoms with Crippen LogP contribution < -0.4 is 4.74 Å². The second kappa shape index (κ2) is 17.3. The number of aliphatic hydroxyl groups is 1. The number of hydrogen-bond acceptors (Lipinski definition) is 6. The molecule has 1 saturated heterocycles. The number of rotatable bonds is 7. The van der Waals surface area contributed by atoms with E-state index >= 15 is 0 Å². The molecule has 52 heavy (non-hydrogen) atoms. The minimum absolute atomic E-state index is 0.443. The third-order valence-corrected chi connectivity index (χ3v) is 7.31. The third kappa shape index (κ3) is 12.3. The number of alkyl halides is 12. The summed E-state index contributed by atoms with van der Waals surface area (Å²) in [5.41, 5.74) is -2.87. The topological polar surface area (TPSA) is 111 Å². The van der Waals surface area contributed by atoms with Gasteiger partial charge >= 0.3 is 36.6 Å². The van der Waals surface area contributed by atoms with Crippen LogP contribution in [0.2, 0.25) is 0 Å². The van der Waals surface area contributed by atoms with Crippen molar-refractivity contribution >= 4 is 11.9 Å². The Morgan fingerprint density at radius 1 is 0.615 bits per heavy atom. The zero-order valence-electron chi connectivity index (χ0n) is 26.7. The Morgan fingerprint density at radius 2 is 0.981 bits per heavy atom. The summed E-state index contributed by atoms with van der Waals surface area (Å²) in [5.74, 6) is -4.68. The van der Waals surface area contributed by atoms with Crippen LogP contribution in [0.1, 0.15) is 16.7 Å². The molecule has 0 aliphatic carbocycles. The molecule has 1 aliphatic rings. The lowest BCUT2D eigenvalue weighted by atomic mass is 9.90. The molecular weight excluding hydrogens is 736 g/mol. The number of hydrogen-bond donors (Lipinski definition) is 3. The molecule has 288 valence electrons. The summed E-state index contributed by atoms with van der Waals surface area (Å²) >= 11 is 0. The molecule has 1 heterocycles. The first-order valence-electron chi connectivity index (χ1n) is 14.5. The van der Waals surface area contributed by atoms with Gasteiger partial charge in [0.05, 0.1) is 7.11 Å². The number of carboxylic acids is 2. The normalized spacial score (nSPS) is 14.7. The Balaban J connectivity index is 0.000000564. The lowest BCUT2D eigenvalue weighted by Crippen LogP contribution is -2.53. The summed E-state index contributed by atoms with van der Waals surface area (Å²) in [7, 11) is 1.65. The number of carboxylic acid groups (broad SMARTS) is 2. The Hall–Kier alpha value is -4.56. The van der Waals surface area contributed by atoms with Gasteiger partial charge in [0.15, 0.2) is 0 Å². The van der Waals surface area contributed by atoms with Crippen LogP contribution in [0.25, 0.3) is 11.1 Å². The number of carbonyl (C=O) groups is 2. The summed E-state index contributed by atoms with van der Waals surface area (Å²) in [6.07, 6.45) is -22.0. The van der Waals surface area contributed by atoms with Crippen LogP contribution in [0, 0.1) is 0 Å². The first-order chi connectivity index (χ1) is 23.8. The monoisotopic (exact) mass is 766 g/mol. The molecule has 20 heteroatoms. The Morgan fingerprint density at radius 3 is 1.33 bits per heavy atom. The van der Waals surface area contributed by atoms with E-state index in [4.69, 9.17) is 24.5 Å². The molecule has 0 amide bonds. The minimum Gasteiger partial charge on any atom is -0.497 e. The molecule has 0 bridgehead atoms. The predicted octanol–water partition coefficient (Wildman–Crippen LogP) is 7.26. The first-order valence-corrected chi connectivity index (χ1v) is 14.5. The van der Waals surface area contributed by atoms with E-state index in [1.807, 2.05) is 30.3 Å². The smallest absolute Gasteiger partial charge is 0.490 e. The standard InChI is InChI=1S/C28H28F6N2O2.2C2HF3O2/c1-38-25-4-2-3-21(17-25)19-36-15-13-35(14-16-36)18-20-5-7-22(8-6-20)23-9-11-24(12-10-23)26(37,27(29,30)31)28(32,33)34;2*3-2(4,5)1(6)7/h2-12,17,37H,13-16,18-19H2,1H3;2*(H,6,7). The van der Waals surface area contributed by atoms with Gasteiger partial charge in [-0.1, -0.05) is 60.7 Å². The highest BCUT2D eigenvalue weighted by atomic mass is 19.4. The maximum atomic E-state index is 13.1. The van der Waals surface area contributed by atoms with Crippen molar-refractivity contribution < 1.29 is 82.3 Å². The Bertz CT molecular complexity index is 1560. The van der Waals surface area contributed by atoms with Gasteiger partial charge in [-0.2, -0.15) is 52.7 Å². The number of benzene rings is 3. The molecular formula is C32H30F12N2O6. The highest BCUT2D eigenvalue weighted by molar-refractivity contribution is 5.73. The fourth-order valence-electron chi connectivity index (χ4n) is 4.59. The predicted molar refractivity (Wildman–Crippen MR) is 159 cm³/mol. The van der Waals surface area contributed by atoms with Crippen molar-refractivity contribution in [2.75, 3.05) is 33.3 Å². The second-order valence-corrected chi connectivity index (χ2v) is 11.0. The largest absolute Gasteiger partial charge is 0.497 e. The maximum absolute atomic E-state index is 13.1. The summed E-state index contributed by atoms with van der Waals surface area (Å²) < 4.78 is 147. The molecule has 0 spiro atoms. The van der Waals surface area contributed by atoms with Gasteiger partial charge in [0.25, 0.3) is 5.60 Å². The molecule has 1 aliphatic heterocycles. The molecule has 0 saturated carbocycles. The zero-order valence-corrected chi connectivity index (χ0v) is 26.7. The lowest BCUT2D eigenvalue weighted by molar-refractivity contribution is -0.376. The summed E-state index contributed by atoms with van der Waals surface area (Å²) in [5, 5.41) is 23.8. The average molecular weight is 767 g/mol. The number of ether oxygens (including phenoxy) is 1. The van der Waals surface area contributed by atoms with Crippen molar-refractivity contribution in [2.24, 2.45) is 0 Å². The van der Waals surface area contributed by atoms with E-state index in [9.17, 15) is 57.8 Å². The fraction of sp³-hybridized carbons (Fsp3) is 0.375. The number of nitrogens with zero attached hydrogens (tertiary/aromatic N) is 2. The van der Waals surface area contributed by atoms with Crippen molar-refractivity contribution in [3.63, 3.8) is 0 Å². The van der Waals surface area contributed by atoms with E-state index in [2.05, 4.69) is 15.9 Å². The van der Waals surface area contributed by atoms with E-state index in [0.717, 1.165) is 62.7 Å². The zero-order chi connectivity index (χ0) is 39.7. The summed E-state index contributed by atoms with van der Waals surface area (Å²) in [6.45, 7) is 5.22. The second-order valence-electron chi connectivity index (χ2n) is 11.0. The van der Waals surface area contributed by atoms with E-state index in [0.29, 0.717) is 23.3 Å². The molecule has 0 radical (unpaired) electrons. The van der Waals surface area contributed by atoms with Crippen molar-refractivity contribution in [3.8, 4) is 16.9 Å². The van der Waals surface area contributed by atoms with Gasteiger partial charge < -0.3 is 20.1 Å². The Kier molecular flexibility index (Phi) is 14.5. The van der Waals surface area contributed by atoms with Crippen LogP contribution in [-0.4, -0.2) is 95.1 Å². The maximum Gasteiger partial charge on any atom is 0.490 e. The summed E-state index contributed by atoms with van der Waals surface area (Å²) in [4.78, 5) is 22.5. The molecule has 3 aromatic carbocycles. The SMILES string of the molecule is COc1cccc(CN2CCN(Cc3ccc(-c4ccc(C(O)(C(F)(F)F)C(F)(F)F)cc4)cc3)CC2)c1.O=C(O)C(F)(F)F.O=C(O)C(F)(F)F. The van der Waals surface area contributed by atoms with Gasteiger partial charge in [0.1, 0.15) is 5.75 Å². The lowest BCUT2D eigenvalue weighted by Gasteiger charge is -2.34. The van der Waals surface area contributed by atoms with Crippen molar-refractivity contribution in [1.82, 2.24) is 9.80 Å². The highest BCUT2D eigenvalue weighted by Crippen LogP contribution is 2.50. The minimum atomic E-state index is -5.91. The van der Waals surface area contributed by atoms with E-state index in [-0.39, 0.29) is 0 Å². The first kappa shape index (κ1) is 43.6. The highest BCUT2D eigenvalue weighted by Gasteiger charge is 2.71. The molecule has 0 aromatic heterocycles. The molecule has 0 unspecified atom stereocenters. The molecule has 1 fully saturated rings. The van der Waals surface area contributed by atoms with Crippen LogP contribution in [0.15, 0.2) is 72.8 Å². The average Bonchev–Trinajstić information content (AvgIpc) is 3.04. The Labute approximate surface area is 287 Å². The molecule has 3 N–H and O–H groups in total. The van der Waals surface area contributed by atoms with Crippen LogP contribution in [0.5, 0.6) is 5.75 Å². The molecule has 0 atom stereocenters. The van der Waals surface area contributed by atoms with Crippen molar-refractivity contribution in [2.45, 2.75) is 43.4 Å². The fourth-order valence-corrected chi connectivity index (χ4v) is 4.59. The number of aliphatic carboxylic acids is 2. The van der Waals surface area contributed by atoms with Gasteiger partial charge in [-0.25, -0.2) is 9.59 Å². The van der Waals surface area contributed by atoms with Gasteiger partial charge in [-0.15, -0.1) is 0 Å². The number of piperazine rings is 1. The molecule has 8 nitrogen and oxygen atoms in total. The van der Waals surface area contributed by atoms with Crippen LogP contribution >= 0.6 is 0 Å². The molecule has 4 rings (SSSR count). The number of halogens is 12. The van der Waals surface area contributed by atoms with E-state index < -0.39 is 47.8 Å². The van der Waals surface area contributed by atoms with Gasteiger partial charge in [0.2, 0.25) is 0 Å². The number of methoxy groups -OCH3 is 1.